The van der Waals surface area contributed by atoms with Crippen LogP contribution in [0.5, 0.6) is 0 Å². The maximum atomic E-state index is 10.5. The summed E-state index contributed by atoms with van der Waals surface area (Å²) in [6.07, 6.45) is -1.47. The van der Waals surface area contributed by atoms with Crippen LogP contribution in [0.1, 0.15) is 18.3 Å². The molecule has 0 amide bonds. The number of carboxylic acids is 1. The van der Waals surface area contributed by atoms with E-state index in [-0.39, 0.29) is 12.2 Å². The molecule has 0 aliphatic heterocycles. The van der Waals surface area contributed by atoms with Gasteiger partial charge in [0.25, 0.3) is 0 Å². The van der Waals surface area contributed by atoms with Crippen molar-refractivity contribution in [1.29, 1.82) is 0 Å². The van der Waals surface area contributed by atoms with Crippen molar-refractivity contribution in [2.24, 2.45) is 0 Å². The first-order valence-corrected chi connectivity index (χ1v) is 5.22. The van der Waals surface area contributed by atoms with Crippen LogP contribution in [0, 0.1) is 0 Å². The van der Waals surface area contributed by atoms with Gasteiger partial charge in [-0.1, -0.05) is 30.3 Å². The molecule has 4 heteroatoms. The average Bonchev–Trinajstić information content (AvgIpc) is 2.78. The molecule has 0 fully saturated rings. The topological polar surface area (TPSA) is 70.7 Å². The highest BCUT2D eigenvalue weighted by Gasteiger charge is 2.16. The molecule has 0 saturated heterocycles. The fourth-order valence-electron chi connectivity index (χ4n) is 1.56. The Labute approximate surface area is 98.1 Å². The van der Waals surface area contributed by atoms with E-state index in [0.29, 0.717) is 5.76 Å². The maximum Gasteiger partial charge on any atom is 0.306 e. The molecular weight excluding hydrogens is 220 g/mol. The van der Waals surface area contributed by atoms with E-state index in [1.54, 1.807) is 12.1 Å². The highest BCUT2D eigenvalue weighted by Crippen LogP contribution is 2.26. The second-order valence-corrected chi connectivity index (χ2v) is 3.68. The second-order valence-electron chi connectivity index (χ2n) is 3.68. The molecule has 17 heavy (non-hydrogen) atoms. The van der Waals surface area contributed by atoms with E-state index in [9.17, 15) is 9.90 Å². The first-order chi connectivity index (χ1) is 8.16. The van der Waals surface area contributed by atoms with E-state index >= 15 is 0 Å². The molecule has 0 aliphatic carbocycles. The minimum Gasteiger partial charge on any atom is -0.481 e. The number of carbonyl (C=O) groups is 1. The summed E-state index contributed by atoms with van der Waals surface area (Å²) in [6, 6.07) is 12.7. The van der Waals surface area contributed by atoms with E-state index in [1.165, 1.54) is 0 Å². The van der Waals surface area contributed by atoms with E-state index in [1.807, 2.05) is 30.3 Å². The van der Waals surface area contributed by atoms with Gasteiger partial charge in [0.1, 0.15) is 17.6 Å². The Morgan fingerprint density at radius 1 is 1.18 bits per heavy atom. The number of aliphatic hydroxyl groups excluding tert-OH is 1. The Bertz CT molecular complexity index is 501. The number of rotatable bonds is 4. The van der Waals surface area contributed by atoms with Crippen molar-refractivity contribution in [3.05, 3.63) is 48.2 Å². The molecule has 4 nitrogen and oxygen atoms in total. The summed E-state index contributed by atoms with van der Waals surface area (Å²) in [5.41, 5.74) is 0.890. The lowest BCUT2D eigenvalue weighted by molar-refractivity contribution is -0.139. The largest absolute Gasteiger partial charge is 0.481 e. The Kier molecular flexibility index (Phi) is 3.25. The SMILES string of the molecule is O=C(O)CC(O)c1ccc(-c2ccccc2)o1. The Morgan fingerprint density at radius 2 is 1.88 bits per heavy atom. The molecule has 1 aromatic heterocycles. The van der Waals surface area contributed by atoms with E-state index < -0.39 is 12.1 Å². The van der Waals surface area contributed by atoms with Crippen LogP contribution in [0.4, 0.5) is 0 Å². The Hall–Kier alpha value is -2.07. The molecule has 0 radical (unpaired) electrons. The number of aliphatic hydroxyl groups is 1. The first kappa shape index (κ1) is 11.4. The van der Waals surface area contributed by atoms with Crippen LogP contribution in [0.25, 0.3) is 11.3 Å². The fraction of sp³-hybridized carbons (Fsp3) is 0.154. The summed E-state index contributed by atoms with van der Waals surface area (Å²) in [5.74, 6) is -0.175. The highest BCUT2D eigenvalue weighted by molar-refractivity contribution is 5.67. The van der Waals surface area contributed by atoms with Crippen LogP contribution in [-0.2, 0) is 4.79 Å². The molecule has 2 N–H and O–H groups in total. The zero-order chi connectivity index (χ0) is 12.3. The Balaban J connectivity index is 2.19. The van der Waals surface area contributed by atoms with Crippen molar-refractivity contribution < 1.29 is 19.4 Å². The minimum atomic E-state index is -1.11. The molecule has 1 unspecified atom stereocenters. The molecule has 0 saturated carbocycles. The van der Waals surface area contributed by atoms with E-state index in [0.717, 1.165) is 5.56 Å². The van der Waals surface area contributed by atoms with Crippen molar-refractivity contribution in [3.63, 3.8) is 0 Å². The predicted octanol–water partition coefficient (Wildman–Crippen LogP) is 2.45. The van der Waals surface area contributed by atoms with Gasteiger partial charge >= 0.3 is 5.97 Å². The zero-order valence-corrected chi connectivity index (χ0v) is 9.04. The zero-order valence-electron chi connectivity index (χ0n) is 9.04. The lowest BCUT2D eigenvalue weighted by Gasteiger charge is -2.03. The van der Waals surface area contributed by atoms with Crippen LogP contribution in [0.2, 0.25) is 0 Å². The van der Waals surface area contributed by atoms with Gasteiger partial charge in [0.15, 0.2) is 0 Å². The van der Waals surface area contributed by atoms with Gasteiger partial charge in [-0.2, -0.15) is 0 Å². The Morgan fingerprint density at radius 3 is 2.53 bits per heavy atom. The van der Waals surface area contributed by atoms with Crippen LogP contribution < -0.4 is 0 Å². The summed E-state index contributed by atoms with van der Waals surface area (Å²) in [5, 5.41) is 18.1. The van der Waals surface area contributed by atoms with Crippen LogP contribution in [0.15, 0.2) is 46.9 Å². The molecular formula is C13H12O4. The molecule has 1 heterocycles. The number of furan rings is 1. The molecule has 0 aliphatic rings. The van der Waals surface area contributed by atoms with Gasteiger partial charge in [-0.25, -0.2) is 0 Å². The summed E-state index contributed by atoms with van der Waals surface area (Å²) in [7, 11) is 0. The lowest BCUT2D eigenvalue weighted by atomic mass is 10.2. The number of benzene rings is 1. The van der Waals surface area contributed by atoms with Gasteiger partial charge in [0.2, 0.25) is 0 Å². The predicted molar refractivity (Wildman–Crippen MR) is 61.4 cm³/mol. The number of hydrogen-bond donors (Lipinski definition) is 2. The number of aliphatic carboxylic acids is 1. The minimum absolute atomic E-state index is 0.270. The molecule has 88 valence electrons. The highest BCUT2D eigenvalue weighted by atomic mass is 16.4. The van der Waals surface area contributed by atoms with Crippen LogP contribution >= 0.6 is 0 Å². The van der Waals surface area contributed by atoms with Gasteiger partial charge in [0, 0.05) is 5.56 Å². The van der Waals surface area contributed by atoms with Crippen molar-refractivity contribution in [2.45, 2.75) is 12.5 Å². The van der Waals surface area contributed by atoms with Crippen molar-refractivity contribution >= 4 is 5.97 Å². The van der Waals surface area contributed by atoms with E-state index in [4.69, 9.17) is 9.52 Å². The normalized spacial score (nSPS) is 12.3. The average molecular weight is 232 g/mol. The molecule has 2 rings (SSSR count). The summed E-state index contributed by atoms with van der Waals surface area (Å²) in [4.78, 5) is 10.5. The van der Waals surface area contributed by atoms with Crippen LogP contribution in [-0.4, -0.2) is 16.2 Å². The molecule has 1 aromatic carbocycles. The van der Waals surface area contributed by atoms with Crippen molar-refractivity contribution in [3.8, 4) is 11.3 Å². The van der Waals surface area contributed by atoms with E-state index in [2.05, 4.69) is 0 Å². The summed E-state index contributed by atoms with van der Waals surface area (Å²) < 4.78 is 5.42. The molecule has 1 atom stereocenters. The molecule has 0 bridgehead atoms. The summed E-state index contributed by atoms with van der Waals surface area (Å²) in [6.45, 7) is 0. The van der Waals surface area contributed by atoms with Gasteiger partial charge in [0.05, 0.1) is 6.42 Å². The molecule has 2 aromatic rings. The van der Waals surface area contributed by atoms with Gasteiger partial charge in [-0.05, 0) is 12.1 Å². The maximum absolute atomic E-state index is 10.5. The quantitative estimate of drug-likeness (QED) is 0.849. The van der Waals surface area contributed by atoms with Gasteiger partial charge in [-0.15, -0.1) is 0 Å². The van der Waals surface area contributed by atoms with Crippen LogP contribution in [0.3, 0.4) is 0 Å². The monoisotopic (exact) mass is 232 g/mol. The number of carboxylic acid groups (broad SMARTS) is 1. The van der Waals surface area contributed by atoms with Gasteiger partial charge < -0.3 is 14.6 Å². The van der Waals surface area contributed by atoms with Crippen molar-refractivity contribution in [1.82, 2.24) is 0 Å². The summed E-state index contributed by atoms with van der Waals surface area (Å²) >= 11 is 0. The third kappa shape index (κ3) is 2.73. The standard InChI is InChI=1S/C13H12O4/c14-10(8-13(15)16)12-7-6-11(17-12)9-4-2-1-3-5-9/h1-7,10,14H,8H2,(H,15,16). The smallest absolute Gasteiger partial charge is 0.306 e. The number of hydrogen-bond acceptors (Lipinski definition) is 3. The lowest BCUT2D eigenvalue weighted by Crippen LogP contribution is -2.04. The second kappa shape index (κ2) is 4.84. The van der Waals surface area contributed by atoms with Gasteiger partial charge in [-0.3, -0.25) is 4.79 Å². The first-order valence-electron chi connectivity index (χ1n) is 5.22. The third-order valence-electron chi connectivity index (χ3n) is 2.38. The van der Waals surface area contributed by atoms with Crippen molar-refractivity contribution in [2.75, 3.05) is 0 Å². The fourth-order valence-corrected chi connectivity index (χ4v) is 1.56. The third-order valence-corrected chi connectivity index (χ3v) is 2.38. The molecule has 0 spiro atoms.